The average molecular weight is 379 g/mol. The number of fused-ring (bicyclic) bond motifs is 3. The molecule has 0 atom stereocenters. The van der Waals surface area contributed by atoms with Crippen molar-refractivity contribution >= 4 is 40.6 Å². The Labute approximate surface area is 160 Å². The zero-order chi connectivity index (χ0) is 19.0. The van der Waals surface area contributed by atoms with Gasteiger partial charge in [-0.3, -0.25) is 9.59 Å². The van der Waals surface area contributed by atoms with Crippen LogP contribution in [0.15, 0.2) is 48.7 Å². The summed E-state index contributed by atoms with van der Waals surface area (Å²) >= 11 is 6.06. The van der Waals surface area contributed by atoms with Crippen LogP contribution in [0, 0.1) is 0 Å². The molecule has 1 amide bonds. The van der Waals surface area contributed by atoms with E-state index in [1.165, 1.54) is 6.92 Å². The van der Waals surface area contributed by atoms with Gasteiger partial charge in [-0.2, -0.15) is 0 Å². The van der Waals surface area contributed by atoms with Gasteiger partial charge in [0.2, 0.25) is 11.9 Å². The van der Waals surface area contributed by atoms with Crippen molar-refractivity contribution in [3.05, 3.63) is 64.8 Å². The summed E-state index contributed by atoms with van der Waals surface area (Å²) in [5, 5.41) is 6.52. The van der Waals surface area contributed by atoms with Gasteiger partial charge in [-0.25, -0.2) is 9.97 Å². The monoisotopic (exact) mass is 378 g/mol. The Morgan fingerprint density at radius 1 is 1.19 bits per heavy atom. The fourth-order valence-electron chi connectivity index (χ4n) is 2.94. The van der Waals surface area contributed by atoms with Gasteiger partial charge in [0.15, 0.2) is 5.78 Å². The van der Waals surface area contributed by atoms with Gasteiger partial charge in [0.25, 0.3) is 0 Å². The van der Waals surface area contributed by atoms with E-state index in [0.717, 1.165) is 16.8 Å². The quantitative estimate of drug-likeness (QED) is 0.666. The SMILES string of the molecule is CC(=O)c1ccc(Nc2ncc3c(n2)-c2ccc(Cl)cc2NC(=O)C3)cc1. The summed E-state index contributed by atoms with van der Waals surface area (Å²) in [6.07, 6.45) is 1.84. The number of nitrogens with one attached hydrogen (secondary N) is 2. The van der Waals surface area contributed by atoms with Crippen molar-refractivity contribution in [2.75, 3.05) is 10.6 Å². The second kappa shape index (κ2) is 6.81. The smallest absolute Gasteiger partial charge is 0.228 e. The topological polar surface area (TPSA) is 84.0 Å². The van der Waals surface area contributed by atoms with Gasteiger partial charge in [0, 0.05) is 33.6 Å². The number of rotatable bonds is 3. The summed E-state index contributed by atoms with van der Waals surface area (Å²) < 4.78 is 0. The molecular formula is C20H15ClN4O2. The second-order valence-electron chi connectivity index (χ2n) is 6.24. The number of nitrogens with zero attached hydrogens (tertiary/aromatic N) is 2. The van der Waals surface area contributed by atoms with Gasteiger partial charge in [0.1, 0.15) is 0 Å². The van der Waals surface area contributed by atoms with Crippen LogP contribution in [-0.4, -0.2) is 21.7 Å². The van der Waals surface area contributed by atoms with Gasteiger partial charge < -0.3 is 10.6 Å². The predicted molar refractivity (Wildman–Crippen MR) is 105 cm³/mol. The zero-order valence-electron chi connectivity index (χ0n) is 14.4. The first-order valence-corrected chi connectivity index (χ1v) is 8.71. The van der Waals surface area contributed by atoms with Gasteiger partial charge in [0.05, 0.1) is 17.8 Å². The second-order valence-corrected chi connectivity index (χ2v) is 6.68. The first kappa shape index (κ1) is 17.2. The average Bonchev–Trinajstić information content (AvgIpc) is 2.77. The normalized spacial score (nSPS) is 12.4. The van der Waals surface area contributed by atoms with E-state index in [4.69, 9.17) is 11.6 Å². The van der Waals surface area contributed by atoms with Crippen molar-refractivity contribution in [2.24, 2.45) is 0 Å². The van der Waals surface area contributed by atoms with E-state index in [0.29, 0.717) is 27.9 Å². The van der Waals surface area contributed by atoms with E-state index in [9.17, 15) is 9.59 Å². The molecule has 0 radical (unpaired) electrons. The van der Waals surface area contributed by atoms with Crippen LogP contribution >= 0.6 is 11.6 Å². The highest BCUT2D eigenvalue weighted by Crippen LogP contribution is 2.34. The molecule has 3 aromatic rings. The van der Waals surface area contributed by atoms with Crippen molar-refractivity contribution in [1.82, 2.24) is 9.97 Å². The number of hydrogen-bond acceptors (Lipinski definition) is 5. The number of benzene rings is 2. The van der Waals surface area contributed by atoms with Crippen LogP contribution in [0.3, 0.4) is 0 Å². The molecule has 0 saturated heterocycles. The lowest BCUT2D eigenvalue weighted by atomic mass is 10.1. The molecule has 134 valence electrons. The molecule has 0 aliphatic carbocycles. The molecule has 0 saturated carbocycles. The molecule has 1 aliphatic heterocycles. The number of hydrogen-bond donors (Lipinski definition) is 2. The van der Waals surface area contributed by atoms with Crippen LogP contribution in [0.1, 0.15) is 22.8 Å². The fourth-order valence-corrected chi connectivity index (χ4v) is 3.11. The number of aromatic nitrogens is 2. The van der Waals surface area contributed by atoms with Gasteiger partial charge >= 0.3 is 0 Å². The third-order valence-corrected chi connectivity index (χ3v) is 4.51. The highest BCUT2D eigenvalue weighted by molar-refractivity contribution is 6.31. The number of anilines is 3. The highest BCUT2D eigenvalue weighted by atomic mass is 35.5. The molecule has 0 spiro atoms. The number of carbonyl (C=O) groups excluding carboxylic acids is 2. The number of carbonyl (C=O) groups is 2. The summed E-state index contributed by atoms with van der Waals surface area (Å²) in [4.78, 5) is 32.4. The van der Waals surface area contributed by atoms with E-state index in [2.05, 4.69) is 20.6 Å². The lowest BCUT2D eigenvalue weighted by Crippen LogP contribution is -2.12. The van der Waals surface area contributed by atoms with Crippen molar-refractivity contribution in [3.63, 3.8) is 0 Å². The fraction of sp³-hybridized carbons (Fsp3) is 0.100. The maximum Gasteiger partial charge on any atom is 0.228 e. The molecule has 2 aromatic carbocycles. The van der Waals surface area contributed by atoms with Crippen molar-refractivity contribution < 1.29 is 9.59 Å². The molecule has 1 aliphatic rings. The lowest BCUT2D eigenvalue weighted by molar-refractivity contribution is -0.115. The van der Waals surface area contributed by atoms with Gasteiger partial charge in [-0.1, -0.05) is 11.6 Å². The lowest BCUT2D eigenvalue weighted by Gasteiger charge is -2.11. The van der Waals surface area contributed by atoms with E-state index < -0.39 is 0 Å². The van der Waals surface area contributed by atoms with Crippen LogP contribution in [0.5, 0.6) is 0 Å². The molecular weight excluding hydrogens is 364 g/mol. The summed E-state index contributed by atoms with van der Waals surface area (Å²) in [6.45, 7) is 1.52. The molecule has 0 bridgehead atoms. The summed E-state index contributed by atoms with van der Waals surface area (Å²) in [5.41, 5.74) is 4.24. The van der Waals surface area contributed by atoms with Gasteiger partial charge in [-0.15, -0.1) is 0 Å². The maximum atomic E-state index is 12.1. The van der Waals surface area contributed by atoms with Crippen LogP contribution in [0.4, 0.5) is 17.3 Å². The zero-order valence-corrected chi connectivity index (χ0v) is 15.2. The van der Waals surface area contributed by atoms with E-state index in [-0.39, 0.29) is 18.1 Å². The van der Waals surface area contributed by atoms with Crippen molar-refractivity contribution in [1.29, 1.82) is 0 Å². The maximum absolute atomic E-state index is 12.1. The summed E-state index contributed by atoms with van der Waals surface area (Å²) in [5.74, 6) is 0.274. The van der Waals surface area contributed by atoms with Crippen LogP contribution in [0.25, 0.3) is 11.3 Å². The van der Waals surface area contributed by atoms with Crippen LogP contribution in [-0.2, 0) is 11.2 Å². The highest BCUT2D eigenvalue weighted by Gasteiger charge is 2.21. The first-order chi connectivity index (χ1) is 13.0. The number of amides is 1. The van der Waals surface area contributed by atoms with Gasteiger partial charge in [-0.05, 0) is 49.4 Å². The number of Topliss-reactive ketones (excluding diaryl/α,β-unsaturated/α-hetero) is 1. The molecule has 2 heterocycles. The Bertz CT molecular complexity index is 1060. The van der Waals surface area contributed by atoms with E-state index >= 15 is 0 Å². The molecule has 2 N–H and O–H groups in total. The minimum atomic E-state index is -0.138. The standard InChI is InChI=1S/C20H15ClN4O2/c1-11(26)12-2-5-15(6-3-12)23-20-22-10-13-8-18(27)24-17-9-14(21)4-7-16(17)19(13)25-20/h2-7,9-10H,8H2,1H3,(H,24,27)(H,22,23,25). The third kappa shape index (κ3) is 3.52. The van der Waals surface area contributed by atoms with E-state index in [1.807, 2.05) is 6.07 Å². The Kier molecular flexibility index (Phi) is 4.33. The molecule has 0 fully saturated rings. The largest absolute Gasteiger partial charge is 0.325 e. The van der Waals surface area contributed by atoms with Crippen molar-refractivity contribution in [3.8, 4) is 11.3 Å². The third-order valence-electron chi connectivity index (χ3n) is 4.27. The number of halogens is 1. The molecule has 4 rings (SSSR count). The van der Waals surface area contributed by atoms with Crippen molar-refractivity contribution in [2.45, 2.75) is 13.3 Å². The van der Waals surface area contributed by atoms with Crippen LogP contribution in [0.2, 0.25) is 5.02 Å². The molecule has 0 unspecified atom stereocenters. The predicted octanol–water partition coefficient (Wildman–Crippen LogP) is 4.24. The number of ketones is 1. The van der Waals surface area contributed by atoms with Crippen LogP contribution < -0.4 is 10.6 Å². The minimum Gasteiger partial charge on any atom is -0.325 e. The van der Waals surface area contributed by atoms with E-state index in [1.54, 1.807) is 42.6 Å². The Balaban J connectivity index is 1.71. The Morgan fingerprint density at radius 3 is 2.70 bits per heavy atom. The minimum absolute atomic E-state index is 0.00951. The Morgan fingerprint density at radius 2 is 1.96 bits per heavy atom. The molecule has 7 heteroatoms. The molecule has 6 nitrogen and oxygen atoms in total. The summed E-state index contributed by atoms with van der Waals surface area (Å²) in [6, 6.07) is 12.4. The molecule has 1 aromatic heterocycles. The summed E-state index contributed by atoms with van der Waals surface area (Å²) in [7, 11) is 0. The Hall–Kier alpha value is -3.25. The first-order valence-electron chi connectivity index (χ1n) is 8.33. The molecule has 27 heavy (non-hydrogen) atoms.